The van der Waals surface area contributed by atoms with Crippen molar-refractivity contribution in [2.24, 2.45) is 0 Å². The molecule has 10 heteroatoms. The normalized spacial score (nSPS) is 12.6. The summed E-state index contributed by atoms with van der Waals surface area (Å²) in [4.78, 5) is 12.2. The lowest BCUT2D eigenvalue weighted by atomic mass is 10.2. The Hall–Kier alpha value is -1.74. The topological polar surface area (TPSA) is 42.1 Å². The van der Waals surface area contributed by atoms with Crippen LogP contribution in [0.5, 0.6) is 5.88 Å². The van der Waals surface area contributed by atoms with Crippen LogP contribution in [-0.2, 0) is 12.9 Å². The Morgan fingerprint density at radius 3 is 2.11 bits per heavy atom. The maximum atomic E-state index is 12.4. The number of alkyl halides is 7. The minimum absolute atomic E-state index is 0.0949. The van der Waals surface area contributed by atoms with E-state index in [1.54, 1.807) is 0 Å². The van der Waals surface area contributed by atoms with E-state index in [0.717, 1.165) is 0 Å². The maximum absolute atomic E-state index is 12.4. The monoisotopic (exact) mass is 279 g/mol. The predicted octanol–water partition coefficient (Wildman–Crippen LogP) is 2.76. The Balaban J connectivity index is 3.36. The van der Waals surface area contributed by atoms with Crippen molar-refractivity contribution in [2.45, 2.75) is 19.2 Å². The largest absolute Gasteiger partial charge is 0.574 e. The third-order valence-electron chi connectivity index (χ3n) is 1.75. The van der Waals surface area contributed by atoms with E-state index in [0.29, 0.717) is 0 Å². The summed E-state index contributed by atoms with van der Waals surface area (Å²) in [6.45, 7) is -1.77. The van der Waals surface area contributed by atoms with Crippen LogP contribution in [0.4, 0.5) is 30.7 Å². The van der Waals surface area contributed by atoms with Crippen LogP contribution < -0.4 is 10.2 Å². The molecular formula is C8H4F7NO2. The molecule has 0 aliphatic rings. The minimum atomic E-state index is -5.27. The summed E-state index contributed by atoms with van der Waals surface area (Å²) in [5, 5.41) is 0. The zero-order valence-electron chi connectivity index (χ0n) is 8.25. The van der Waals surface area contributed by atoms with Crippen LogP contribution in [0.3, 0.4) is 0 Å². The number of aromatic amines is 1. The SMILES string of the molecule is O=c1cc(OC(F)(F)F)[nH]c(C(F)(F)F)c1CF. The van der Waals surface area contributed by atoms with Crippen molar-refractivity contribution in [1.29, 1.82) is 0 Å². The number of hydrogen-bond donors (Lipinski definition) is 1. The highest BCUT2D eigenvalue weighted by molar-refractivity contribution is 5.27. The van der Waals surface area contributed by atoms with Gasteiger partial charge in [-0.1, -0.05) is 0 Å². The van der Waals surface area contributed by atoms with Crippen molar-refractivity contribution in [3.63, 3.8) is 0 Å². The van der Waals surface area contributed by atoms with E-state index in [2.05, 4.69) is 4.74 Å². The first kappa shape index (κ1) is 14.3. The molecule has 1 aromatic rings. The number of pyridine rings is 1. The van der Waals surface area contributed by atoms with E-state index in [-0.39, 0.29) is 6.07 Å². The quantitative estimate of drug-likeness (QED) is 0.846. The molecule has 0 amide bonds. The molecule has 3 nitrogen and oxygen atoms in total. The van der Waals surface area contributed by atoms with Gasteiger partial charge in [-0.25, -0.2) is 4.39 Å². The van der Waals surface area contributed by atoms with Crippen molar-refractivity contribution >= 4 is 0 Å². The highest BCUT2D eigenvalue weighted by atomic mass is 19.4. The third kappa shape index (κ3) is 3.37. The standard InChI is InChI=1S/C8H4F7NO2/c9-2-3-4(17)1-5(18-8(13,14)15)16-6(3)7(10,11)12/h1H,2H2,(H,16,17). The molecule has 102 valence electrons. The number of halogens is 7. The first-order chi connectivity index (χ1) is 8.04. The van der Waals surface area contributed by atoms with E-state index in [9.17, 15) is 35.5 Å². The van der Waals surface area contributed by atoms with Gasteiger partial charge < -0.3 is 9.72 Å². The van der Waals surface area contributed by atoms with Gasteiger partial charge in [-0.05, 0) is 0 Å². The first-order valence-corrected chi connectivity index (χ1v) is 4.19. The molecule has 0 spiro atoms. The van der Waals surface area contributed by atoms with Gasteiger partial charge >= 0.3 is 12.5 Å². The molecule has 0 unspecified atom stereocenters. The lowest BCUT2D eigenvalue weighted by Crippen LogP contribution is -2.24. The van der Waals surface area contributed by atoms with Crippen molar-refractivity contribution in [1.82, 2.24) is 4.98 Å². The summed E-state index contributed by atoms with van der Waals surface area (Å²) in [6.07, 6.45) is -10.5. The average molecular weight is 279 g/mol. The van der Waals surface area contributed by atoms with Gasteiger partial charge in [0.15, 0.2) is 5.43 Å². The molecule has 0 atom stereocenters. The summed E-state index contributed by atoms with van der Waals surface area (Å²) in [7, 11) is 0. The Morgan fingerprint density at radius 2 is 1.72 bits per heavy atom. The molecule has 1 rings (SSSR count). The van der Waals surface area contributed by atoms with Crippen molar-refractivity contribution < 1.29 is 35.5 Å². The molecule has 18 heavy (non-hydrogen) atoms. The zero-order chi connectivity index (χ0) is 14.1. The second-order valence-electron chi connectivity index (χ2n) is 3.03. The number of ether oxygens (including phenoxy) is 1. The van der Waals surface area contributed by atoms with Crippen LogP contribution in [-0.4, -0.2) is 11.3 Å². The Morgan fingerprint density at radius 1 is 1.17 bits per heavy atom. The van der Waals surface area contributed by atoms with E-state index in [1.807, 2.05) is 0 Å². The molecule has 0 radical (unpaired) electrons. The maximum Gasteiger partial charge on any atom is 0.574 e. The summed E-state index contributed by atoms with van der Waals surface area (Å²) in [5.41, 5.74) is -4.75. The van der Waals surface area contributed by atoms with Gasteiger partial charge in [0.1, 0.15) is 12.4 Å². The van der Waals surface area contributed by atoms with Crippen molar-refractivity contribution in [3.8, 4) is 5.88 Å². The van der Waals surface area contributed by atoms with E-state index in [1.165, 1.54) is 4.98 Å². The predicted molar refractivity (Wildman–Crippen MR) is 43.6 cm³/mol. The number of aromatic nitrogens is 1. The fraction of sp³-hybridized carbons (Fsp3) is 0.375. The van der Waals surface area contributed by atoms with Gasteiger partial charge in [0.05, 0.1) is 5.56 Å². The lowest BCUT2D eigenvalue weighted by molar-refractivity contribution is -0.276. The summed E-state index contributed by atoms with van der Waals surface area (Å²) < 4.78 is 87.8. The van der Waals surface area contributed by atoms with Gasteiger partial charge in [0.2, 0.25) is 5.88 Å². The average Bonchev–Trinajstić information content (AvgIpc) is 2.12. The fourth-order valence-electron chi connectivity index (χ4n) is 1.12. The molecule has 1 N–H and O–H groups in total. The number of hydrogen-bond acceptors (Lipinski definition) is 2. The van der Waals surface area contributed by atoms with Gasteiger partial charge in [-0.2, -0.15) is 13.2 Å². The van der Waals surface area contributed by atoms with E-state index >= 15 is 0 Å². The van der Waals surface area contributed by atoms with Crippen LogP contribution >= 0.6 is 0 Å². The smallest absolute Gasteiger partial charge is 0.390 e. The second kappa shape index (κ2) is 4.50. The molecule has 0 bridgehead atoms. The van der Waals surface area contributed by atoms with Crippen LogP contribution in [0.1, 0.15) is 11.3 Å². The van der Waals surface area contributed by atoms with Crippen molar-refractivity contribution in [3.05, 3.63) is 27.5 Å². The fourth-order valence-corrected chi connectivity index (χ4v) is 1.12. The molecule has 0 aliphatic carbocycles. The first-order valence-electron chi connectivity index (χ1n) is 4.19. The van der Waals surface area contributed by atoms with E-state index in [4.69, 9.17) is 0 Å². The number of nitrogens with one attached hydrogen (secondary N) is 1. The summed E-state index contributed by atoms with van der Waals surface area (Å²) in [5.74, 6) is -1.46. The van der Waals surface area contributed by atoms with Gasteiger partial charge in [0.25, 0.3) is 0 Å². The number of rotatable bonds is 2. The van der Waals surface area contributed by atoms with E-state index < -0.39 is 41.8 Å². The summed E-state index contributed by atoms with van der Waals surface area (Å²) in [6, 6.07) is 0.0949. The molecule has 0 aromatic carbocycles. The Bertz CT molecular complexity index is 488. The highest BCUT2D eigenvalue weighted by Gasteiger charge is 2.38. The van der Waals surface area contributed by atoms with Crippen LogP contribution in [0.2, 0.25) is 0 Å². The van der Waals surface area contributed by atoms with Gasteiger partial charge in [-0.3, -0.25) is 4.79 Å². The van der Waals surface area contributed by atoms with Crippen LogP contribution in [0.25, 0.3) is 0 Å². The summed E-state index contributed by atoms with van der Waals surface area (Å²) >= 11 is 0. The Kier molecular flexibility index (Phi) is 3.58. The zero-order valence-corrected chi connectivity index (χ0v) is 8.25. The molecule has 0 saturated carbocycles. The number of H-pyrrole nitrogens is 1. The van der Waals surface area contributed by atoms with Crippen LogP contribution in [0, 0.1) is 0 Å². The molecule has 1 aromatic heterocycles. The highest BCUT2D eigenvalue weighted by Crippen LogP contribution is 2.31. The molecule has 0 aliphatic heterocycles. The molecule has 0 fully saturated rings. The third-order valence-corrected chi connectivity index (χ3v) is 1.75. The van der Waals surface area contributed by atoms with Gasteiger partial charge in [-0.15, -0.1) is 13.2 Å². The Labute approximate surface area is 94.2 Å². The lowest BCUT2D eigenvalue weighted by Gasteiger charge is -2.14. The second-order valence-corrected chi connectivity index (χ2v) is 3.03. The molecular weight excluding hydrogens is 275 g/mol. The molecule has 0 saturated heterocycles. The van der Waals surface area contributed by atoms with Gasteiger partial charge in [0, 0.05) is 6.07 Å². The molecule has 1 heterocycles. The van der Waals surface area contributed by atoms with Crippen molar-refractivity contribution in [2.75, 3.05) is 0 Å². The minimum Gasteiger partial charge on any atom is -0.390 e. The van der Waals surface area contributed by atoms with Crippen LogP contribution in [0.15, 0.2) is 10.9 Å².